The van der Waals surface area contributed by atoms with Crippen molar-refractivity contribution in [2.45, 2.75) is 20.3 Å². The van der Waals surface area contributed by atoms with E-state index in [2.05, 4.69) is 48.2 Å². The highest BCUT2D eigenvalue weighted by Crippen LogP contribution is 2.23. The molecule has 0 aliphatic carbocycles. The quantitative estimate of drug-likeness (QED) is 0.796. The van der Waals surface area contributed by atoms with E-state index in [9.17, 15) is 0 Å². The van der Waals surface area contributed by atoms with E-state index in [4.69, 9.17) is 5.73 Å². The van der Waals surface area contributed by atoms with Crippen LogP contribution < -0.4 is 5.73 Å². The first kappa shape index (κ1) is 12.2. The molecular weight excluding hydrogens is 256 g/mol. The van der Waals surface area contributed by atoms with Gasteiger partial charge >= 0.3 is 0 Å². The van der Waals surface area contributed by atoms with Crippen molar-refractivity contribution in [3.8, 4) is 11.3 Å². The maximum atomic E-state index is 5.64. The zero-order valence-electron chi connectivity index (χ0n) is 11.0. The van der Waals surface area contributed by atoms with Gasteiger partial charge in [-0.15, -0.1) is 5.10 Å². The van der Waals surface area contributed by atoms with Gasteiger partial charge in [-0.25, -0.2) is 9.50 Å². The molecule has 3 aromatic rings. The van der Waals surface area contributed by atoms with Crippen molar-refractivity contribution in [2.75, 3.05) is 5.73 Å². The molecular formula is C14H16N4S. The smallest absolute Gasteiger partial charge is 0.214 e. The molecule has 2 N–H and O–H groups in total. The summed E-state index contributed by atoms with van der Waals surface area (Å²) in [6.45, 7) is 4.46. The highest BCUT2D eigenvalue weighted by atomic mass is 32.1. The third-order valence-corrected chi connectivity index (χ3v) is 3.70. The molecule has 0 saturated heterocycles. The molecule has 2 heterocycles. The predicted molar refractivity (Wildman–Crippen MR) is 79.3 cm³/mol. The standard InChI is InChI=1S/C14H16N4S/c1-9(2)7-10-3-5-11(6-4-10)12-8-18-14(16-12)19-13(15)17-18/h3-6,8-9H,7H2,1-2H3,(H2,15,17). The summed E-state index contributed by atoms with van der Waals surface area (Å²) in [7, 11) is 0. The number of fused-ring (bicyclic) bond motifs is 1. The predicted octanol–water partition coefficient (Wildman–Crippen LogP) is 3.24. The summed E-state index contributed by atoms with van der Waals surface area (Å²) in [4.78, 5) is 5.37. The largest absolute Gasteiger partial charge is 0.374 e. The van der Waals surface area contributed by atoms with Gasteiger partial charge in [0.25, 0.3) is 0 Å². The van der Waals surface area contributed by atoms with Crippen LogP contribution >= 0.6 is 11.3 Å². The minimum absolute atomic E-state index is 0.543. The van der Waals surface area contributed by atoms with Crippen molar-refractivity contribution in [3.05, 3.63) is 36.0 Å². The van der Waals surface area contributed by atoms with Crippen LogP contribution in [0.25, 0.3) is 16.2 Å². The molecule has 0 saturated carbocycles. The average molecular weight is 272 g/mol. The normalized spacial score (nSPS) is 11.5. The van der Waals surface area contributed by atoms with Crippen LogP contribution in [0.2, 0.25) is 0 Å². The number of hydrogen-bond acceptors (Lipinski definition) is 4. The first-order valence-corrected chi connectivity index (χ1v) is 7.14. The van der Waals surface area contributed by atoms with Gasteiger partial charge in [-0.3, -0.25) is 0 Å². The summed E-state index contributed by atoms with van der Waals surface area (Å²) in [5, 5.41) is 4.71. The fourth-order valence-corrected chi connectivity index (χ4v) is 2.78. The first-order valence-electron chi connectivity index (χ1n) is 6.33. The Morgan fingerprint density at radius 2 is 2.00 bits per heavy atom. The fraction of sp³-hybridized carbons (Fsp3) is 0.286. The Morgan fingerprint density at radius 1 is 1.26 bits per heavy atom. The molecule has 5 heteroatoms. The van der Waals surface area contributed by atoms with E-state index >= 15 is 0 Å². The van der Waals surface area contributed by atoms with Crippen LogP contribution in [0.5, 0.6) is 0 Å². The van der Waals surface area contributed by atoms with Crippen LogP contribution in [0.3, 0.4) is 0 Å². The van der Waals surface area contributed by atoms with E-state index in [1.54, 1.807) is 4.52 Å². The zero-order chi connectivity index (χ0) is 13.4. The third-order valence-electron chi connectivity index (χ3n) is 2.95. The zero-order valence-corrected chi connectivity index (χ0v) is 11.8. The molecule has 98 valence electrons. The van der Waals surface area contributed by atoms with Crippen LogP contribution in [-0.4, -0.2) is 14.6 Å². The summed E-state index contributed by atoms with van der Waals surface area (Å²) < 4.78 is 1.73. The molecule has 0 radical (unpaired) electrons. The fourth-order valence-electron chi connectivity index (χ4n) is 2.14. The van der Waals surface area contributed by atoms with Gasteiger partial charge in [-0.05, 0) is 17.9 Å². The Bertz CT molecular complexity index is 662. The van der Waals surface area contributed by atoms with Crippen LogP contribution in [0.15, 0.2) is 30.5 Å². The second-order valence-corrected chi connectivity index (χ2v) is 6.08. The van der Waals surface area contributed by atoms with E-state index in [0.717, 1.165) is 22.6 Å². The van der Waals surface area contributed by atoms with Crippen molar-refractivity contribution >= 4 is 21.4 Å². The number of aromatic nitrogens is 3. The number of imidazole rings is 1. The van der Waals surface area contributed by atoms with Gasteiger partial charge in [0, 0.05) is 5.56 Å². The van der Waals surface area contributed by atoms with Crippen molar-refractivity contribution < 1.29 is 0 Å². The Hall–Kier alpha value is -1.88. The van der Waals surface area contributed by atoms with E-state index in [0.29, 0.717) is 11.0 Å². The average Bonchev–Trinajstić information content (AvgIpc) is 2.86. The number of nitrogen functional groups attached to an aromatic ring is 1. The monoisotopic (exact) mass is 272 g/mol. The van der Waals surface area contributed by atoms with Gasteiger partial charge in [0.1, 0.15) is 0 Å². The molecule has 0 amide bonds. The highest BCUT2D eigenvalue weighted by Gasteiger charge is 2.08. The molecule has 2 aromatic heterocycles. The lowest BCUT2D eigenvalue weighted by Gasteiger charge is -2.05. The lowest BCUT2D eigenvalue weighted by atomic mass is 10.0. The lowest BCUT2D eigenvalue weighted by Crippen LogP contribution is -1.93. The van der Waals surface area contributed by atoms with Gasteiger partial charge in [0.2, 0.25) is 10.1 Å². The van der Waals surface area contributed by atoms with Gasteiger partial charge in [-0.1, -0.05) is 49.4 Å². The van der Waals surface area contributed by atoms with Crippen LogP contribution in [0.1, 0.15) is 19.4 Å². The van der Waals surface area contributed by atoms with E-state index in [1.807, 2.05) is 6.20 Å². The number of nitrogens with zero attached hydrogens (tertiary/aromatic N) is 3. The van der Waals surface area contributed by atoms with Crippen molar-refractivity contribution in [1.82, 2.24) is 14.6 Å². The van der Waals surface area contributed by atoms with Gasteiger partial charge < -0.3 is 5.73 Å². The maximum Gasteiger partial charge on any atom is 0.214 e. The molecule has 3 rings (SSSR count). The molecule has 0 aliphatic heterocycles. The Morgan fingerprint density at radius 3 is 2.63 bits per heavy atom. The SMILES string of the molecule is CC(C)Cc1ccc(-c2cn3nc(N)sc3n2)cc1. The topological polar surface area (TPSA) is 56.2 Å². The first-order chi connectivity index (χ1) is 9.11. The summed E-state index contributed by atoms with van der Waals surface area (Å²) in [5.41, 5.74) is 9.05. The number of rotatable bonds is 3. The molecule has 4 nitrogen and oxygen atoms in total. The molecule has 0 bridgehead atoms. The number of hydrogen-bond donors (Lipinski definition) is 1. The molecule has 19 heavy (non-hydrogen) atoms. The van der Waals surface area contributed by atoms with Crippen LogP contribution in [0, 0.1) is 5.92 Å². The molecule has 0 fully saturated rings. The number of nitrogens with two attached hydrogens (primary N) is 1. The van der Waals surface area contributed by atoms with Gasteiger partial charge in [0.15, 0.2) is 0 Å². The summed E-state index contributed by atoms with van der Waals surface area (Å²) in [5.74, 6) is 0.677. The van der Waals surface area contributed by atoms with E-state index in [1.165, 1.54) is 16.9 Å². The number of anilines is 1. The summed E-state index contributed by atoms with van der Waals surface area (Å²) in [6, 6.07) is 8.58. The van der Waals surface area contributed by atoms with Crippen LogP contribution in [-0.2, 0) is 6.42 Å². The lowest BCUT2D eigenvalue weighted by molar-refractivity contribution is 0.647. The highest BCUT2D eigenvalue weighted by molar-refractivity contribution is 7.20. The Labute approximate surface area is 115 Å². The molecule has 0 atom stereocenters. The maximum absolute atomic E-state index is 5.64. The van der Waals surface area contributed by atoms with Gasteiger partial charge in [-0.2, -0.15) is 0 Å². The van der Waals surface area contributed by atoms with E-state index in [-0.39, 0.29) is 0 Å². The van der Waals surface area contributed by atoms with Crippen molar-refractivity contribution in [1.29, 1.82) is 0 Å². The second kappa shape index (κ2) is 4.66. The van der Waals surface area contributed by atoms with Gasteiger partial charge in [0.05, 0.1) is 11.9 Å². The van der Waals surface area contributed by atoms with Crippen molar-refractivity contribution in [3.63, 3.8) is 0 Å². The summed E-state index contributed by atoms with van der Waals surface area (Å²) in [6.07, 6.45) is 3.02. The Kier molecular flexibility index (Phi) is 2.98. The number of benzene rings is 1. The van der Waals surface area contributed by atoms with E-state index < -0.39 is 0 Å². The third kappa shape index (κ3) is 2.46. The van der Waals surface area contributed by atoms with Crippen LogP contribution in [0.4, 0.5) is 5.13 Å². The molecule has 0 aliphatic rings. The summed E-state index contributed by atoms with van der Waals surface area (Å²) >= 11 is 1.40. The minimum Gasteiger partial charge on any atom is -0.374 e. The molecule has 0 unspecified atom stereocenters. The minimum atomic E-state index is 0.543. The molecule has 0 spiro atoms. The second-order valence-electron chi connectivity index (χ2n) is 5.09. The molecule has 1 aromatic carbocycles. The van der Waals surface area contributed by atoms with Crippen molar-refractivity contribution in [2.24, 2.45) is 5.92 Å². The Balaban J connectivity index is 1.90.